The summed E-state index contributed by atoms with van der Waals surface area (Å²) < 4.78 is 0. The van der Waals surface area contributed by atoms with Gasteiger partial charge in [-0.15, -0.1) is 0 Å². The highest BCUT2D eigenvalue weighted by Crippen LogP contribution is 2.68. The highest BCUT2D eigenvalue weighted by Gasteiger charge is 2.64. The van der Waals surface area contributed by atoms with Crippen molar-refractivity contribution in [1.82, 2.24) is 0 Å². The normalized spacial score (nSPS) is 46.5. The van der Waals surface area contributed by atoms with Gasteiger partial charge in [-0.25, -0.2) is 0 Å². The third-order valence-electron chi connectivity index (χ3n) is 10.4. The molecule has 3 saturated carbocycles. The minimum absolute atomic E-state index is 0.0645. The SMILES string of the molecule is CC(C)CCC[C@@H](C)[C@H]1CC[C@H]2C3(N)CC=C4CCCC[C@]4(C)[C@H]3CC[C@]12C. The summed E-state index contributed by atoms with van der Waals surface area (Å²) in [5, 5.41) is 0. The molecule has 1 unspecified atom stereocenters. The molecule has 0 aromatic rings. The van der Waals surface area contributed by atoms with E-state index in [-0.39, 0.29) is 5.54 Å². The second-order valence-electron chi connectivity index (χ2n) is 12.3. The summed E-state index contributed by atoms with van der Waals surface area (Å²) in [5.74, 6) is 4.09. The monoisotopic (exact) mass is 385 g/mol. The first-order valence-electron chi connectivity index (χ1n) is 12.7. The zero-order valence-electron chi connectivity index (χ0n) is 19.5. The molecular formula is C27H47N. The summed E-state index contributed by atoms with van der Waals surface area (Å²) in [7, 11) is 0. The Labute approximate surface area is 175 Å². The average Bonchev–Trinajstić information content (AvgIpc) is 2.99. The van der Waals surface area contributed by atoms with Gasteiger partial charge >= 0.3 is 0 Å². The molecule has 1 nitrogen and oxygen atoms in total. The molecule has 0 aromatic heterocycles. The van der Waals surface area contributed by atoms with Crippen LogP contribution in [0, 0.1) is 40.4 Å². The topological polar surface area (TPSA) is 26.0 Å². The highest BCUT2D eigenvalue weighted by atomic mass is 14.9. The molecule has 0 spiro atoms. The Balaban J connectivity index is 1.55. The van der Waals surface area contributed by atoms with Crippen molar-refractivity contribution in [3.05, 3.63) is 11.6 Å². The van der Waals surface area contributed by atoms with E-state index in [4.69, 9.17) is 5.73 Å². The molecule has 0 bridgehead atoms. The Morgan fingerprint density at radius 2 is 1.79 bits per heavy atom. The van der Waals surface area contributed by atoms with Crippen LogP contribution in [-0.4, -0.2) is 5.54 Å². The summed E-state index contributed by atoms with van der Waals surface area (Å²) in [6, 6.07) is 0. The van der Waals surface area contributed by atoms with Crippen LogP contribution in [0.2, 0.25) is 0 Å². The first-order chi connectivity index (χ1) is 13.2. The molecule has 4 aliphatic carbocycles. The van der Waals surface area contributed by atoms with Gasteiger partial charge in [0, 0.05) is 5.54 Å². The summed E-state index contributed by atoms with van der Waals surface area (Å²) in [5.41, 5.74) is 10.2. The average molecular weight is 386 g/mol. The number of hydrogen-bond donors (Lipinski definition) is 1. The van der Waals surface area contributed by atoms with E-state index < -0.39 is 0 Å². The van der Waals surface area contributed by atoms with Crippen molar-refractivity contribution < 1.29 is 0 Å². The fraction of sp³-hybridized carbons (Fsp3) is 0.926. The molecular weight excluding hydrogens is 338 g/mol. The Kier molecular flexibility index (Phi) is 5.56. The molecule has 7 atom stereocenters. The lowest BCUT2D eigenvalue weighted by atomic mass is 9.44. The van der Waals surface area contributed by atoms with Gasteiger partial charge < -0.3 is 5.73 Å². The van der Waals surface area contributed by atoms with Gasteiger partial charge in [-0.2, -0.15) is 0 Å². The van der Waals surface area contributed by atoms with Crippen molar-refractivity contribution in [2.75, 3.05) is 0 Å². The van der Waals surface area contributed by atoms with Gasteiger partial charge in [-0.3, -0.25) is 0 Å². The molecule has 4 aliphatic rings. The molecule has 3 fully saturated rings. The van der Waals surface area contributed by atoms with Gasteiger partial charge in [-0.1, -0.05) is 72.0 Å². The van der Waals surface area contributed by atoms with Crippen LogP contribution in [0.4, 0.5) is 0 Å². The van der Waals surface area contributed by atoms with Crippen LogP contribution < -0.4 is 5.73 Å². The molecule has 28 heavy (non-hydrogen) atoms. The molecule has 1 heteroatoms. The Hall–Kier alpha value is -0.300. The molecule has 2 N–H and O–H groups in total. The number of hydrogen-bond acceptors (Lipinski definition) is 1. The first-order valence-corrected chi connectivity index (χ1v) is 12.7. The van der Waals surface area contributed by atoms with Crippen LogP contribution in [0.1, 0.15) is 112 Å². The maximum atomic E-state index is 7.48. The van der Waals surface area contributed by atoms with E-state index in [1.807, 2.05) is 0 Å². The number of nitrogens with two attached hydrogens (primary N) is 1. The van der Waals surface area contributed by atoms with E-state index in [0.717, 1.165) is 36.0 Å². The minimum Gasteiger partial charge on any atom is -0.324 e. The fourth-order valence-corrected chi connectivity index (χ4v) is 8.94. The third-order valence-corrected chi connectivity index (χ3v) is 10.4. The van der Waals surface area contributed by atoms with Gasteiger partial charge in [0.2, 0.25) is 0 Å². The molecule has 0 aliphatic heterocycles. The number of fused-ring (bicyclic) bond motifs is 5. The lowest BCUT2D eigenvalue weighted by Gasteiger charge is -2.63. The van der Waals surface area contributed by atoms with Crippen molar-refractivity contribution in [3.8, 4) is 0 Å². The second kappa shape index (κ2) is 7.44. The second-order valence-corrected chi connectivity index (χ2v) is 12.3. The van der Waals surface area contributed by atoms with Crippen molar-refractivity contribution in [2.24, 2.45) is 46.2 Å². The zero-order valence-corrected chi connectivity index (χ0v) is 19.5. The summed E-state index contributed by atoms with van der Waals surface area (Å²) in [6.45, 7) is 12.5. The number of rotatable bonds is 5. The molecule has 0 amide bonds. The quantitative estimate of drug-likeness (QED) is 0.487. The Morgan fingerprint density at radius 3 is 2.54 bits per heavy atom. The van der Waals surface area contributed by atoms with Crippen molar-refractivity contribution in [3.63, 3.8) is 0 Å². The molecule has 0 heterocycles. The predicted molar refractivity (Wildman–Crippen MR) is 121 cm³/mol. The fourth-order valence-electron chi connectivity index (χ4n) is 8.94. The van der Waals surface area contributed by atoms with Crippen LogP contribution >= 0.6 is 0 Å². The molecule has 4 rings (SSSR count). The Morgan fingerprint density at radius 1 is 1.00 bits per heavy atom. The predicted octanol–water partition coefficient (Wildman–Crippen LogP) is 7.50. The summed E-state index contributed by atoms with van der Waals surface area (Å²) in [4.78, 5) is 0. The smallest absolute Gasteiger partial charge is 0.0260 e. The lowest BCUT2D eigenvalue weighted by Crippen LogP contribution is -2.66. The van der Waals surface area contributed by atoms with Crippen LogP contribution in [0.5, 0.6) is 0 Å². The summed E-state index contributed by atoms with van der Waals surface area (Å²) in [6.07, 6.45) is 19.2. The largest absolute Gasteiger partial charge is 0.324 e. The number of allylic oxidation sites excluding steroid dienone is 1. The third kappa shape index (κ3) is 3.14. The maximum Gasteiger partial charge on any atom is 0.0260 e. The van der Waals surface area contributed by atoms with Crippen molar-refractivity contribution in [2.45, 2.75) is 117 Å². The van der Waals surface area contributed by atoms with Gasteiger partial charge in [0.05, 0.1) is 0 Å². The van der Waals surface area contributed by atoms with E-state index in [1.54, 1.807) is 5.57 Å². The Bertz CT molecular complexity index is 605. The standard InChI is InChI=1S/C27H47N/c1-19(2)9-8-10-20(3)22-12-13-23-26(22,5)17-15-24-25(4)16-7-6-11-21(25)14-18-27(23,24)28/h14,19-20,22-24H,6-13,15-18,28H2,1-5H3/t20-,22-,23-,24-,25+,26-,27?/m1/s1. The zero-order chi connectivity index (χ0) is 20.2. The van der Waals surface area contributed by atoms with Gasteiger partial charge in [0.25, 0.3) is 0 Å². The van der Waals surface area contributed by atoms with Crippen LogP contribution in [0.25, 0.3) is 0 Å². The van der Waals surface area contributed by atoms with E-state index in [1.165, 1.54) is 70.6 Å². The van der Waals surface area contributed by atoms with Crippen LogP contribution in [0.15, 0.2) is 11.6 Å². The van der Waals surface area contributed by atoms with Crippen LogP contribution in [0.3, 0.4) is 0 Å². The van der Waals surface area contributed by atoms with E-state index in [0.29, 0.717) is 10.8 Å². The lowest BCUT2D eigenvalue weighted by molar-refractivity contribution is -0.0676. The first kappa shape index (κ1) is 21.0. The highest BCUT2D eigenvalue weighted by molar-refractivity contribution is 5.29. The molecule has 0 aromatic carbocycles. The molecule has 0 radical (unpaired) electrons. The molecule has 0 saturated heterocycles. The van der Waals surface area contributed by atoms with E-state index >= 15 is 0 Å². The van der Waals surface area contributed by atoms with E-state index in [9.17, 15) is 0 Å². The van der Waals surface area contributed by atoms with Crippen molar-refractivity contribution in [1.29, 1.82) is 0 Å². The molecule has 160 valence electrons. The van der Waals surface area contributed by atoms with Gasteiger partial charge in [0.15, 0.2) is 0 Å². The van der Waals surface area contributed by atoms with Crippen molar-refractivity contribution >= 4 is 0 Å². The summed E-state index contributed by atoms with van der Waals surface area (Å²) >= 11 is 0. The van der Waals surface area contributed by atoms with Gasteiger partial charge in [-0.05, 0) is 91.8 Å². The maximum absolute atomic E-state index is 7.48. The van der Waals surface area contributed by atoms with Crippen LogP contribution in [-0.2, 0) is 0 Å². The van der Waals surface area contributed by atoms with Gasteiger partial charge in [0.1, 0.15) is 0 Å². The minimum atomic E-state index is 0.0645. The van der Waals surface area contributed by atoms with E-state index in [2.05, 4.69) is 40.7 Å².